The van der Waals surface area contributed by atoms with Crippen LogP contribution in [-0.2, 0) is 21.0 Å². The first kappa shape index (κ1) is 21.2. The van der Waals surface area contributed by atoms with Gasteiger partial charge in [-0.05, 0) is 36.6 Å². The van der Waals surface area contributed by atoms with Crippen LogP contribution in [0.1, 0.15) is 55.7 Å². The largest absolute Gasteiger partial charge is 0.469 e. The van der Waals surface area contributed by atoms with Gasteiger partial charge in [-0.2, -0.15) is 0 Å². The molecule has 27 heavy (non-hydrogen) atoms. The molecule has 0 N–H and O–H groups in total. The quantitative estimate of drug-likeness (QED) is 0.284. The summed E-state index contributed by atoms with van der Waals surface area (Å²) >= 11 is 3.46. The topological polar surface area (TPSA) is 47.9 Å². The van der Waals surface area contributed by atoms with Gasteiger partial charge in [0.1, 0.15) is 6.61 Å². The molecule has 0 saturated carbocycles. The van der Waals surface area contributed by atoms with Crippen molar-refractivity contribution in [3.05, 3.63) is 69.7 Å². The first-order chi connectivity index (χ1) is 13.1. The zero-order valence-corrected chi connectivity index (χ0v) is 17.7. The number of unbranched alkanes of at least 4 members (excludes halogenated alkanes) is 1. The summed E-state index contributed by atoms with van der Waals surface area (Å²) < 4.78 is 6.02. The van der Waals surface area contributed by atoms with Crippen LogP contribution in [0.15, 0.2) is 58.2 Å². The molecular weight excluding hydrogens is 406 g/mol. The van der Waals surface area contributed by atoms with E-state index in [2.05, 4.69) is 28.0 Å². The summed E-state index contributed by atoms with van der Waals surface area (Å²) in [6.45, 7) is 4.33. The highest BCUT2D eigenvalue weighted by Gasteiger charge is 2.23. The van der Waals surface area contributed by atoms with Crippen LogP contribution >= 0.6 is 15.9 Å². The number of halogens is 1. The normalized spacial score (nSPS) is 12.5. The second kappa shape index (κ2) is 10.9. The Balaban J connectivity index is 2.14. The van der Waals surface area contributed by atoms with Gasteiger partial charge in [0.2, 0.25) is 0 Å². The molecule has 0 spiro atoms. The van der Waals surface area contributed by atoms with E-state index in [1.807, 2.05) is 55.5 Å². The molecule has 0 aliphatic carbocycles. The van der Waals surface area contributed by atoms with Crippen molar-refractivity contribution in [2.24, 2.45) is 5.16 Å². The maximum Gasteiger partial charge on any atom is 0.313 e. The van der Waals surface area contributed by atoms with Gasteiger partial charge in [0.15, 0.2) is 0 Å². The summed E-state index contributed by atoms with van der Waals surface area (Å²) in [7, 11) is 1.44. The Kier molecular flexibility index (Phi) is 8.52. The molecule has 0 fully saturated rings. The van der Waals surface area contributed by atoms with E-state index >= 15 is 0 Å². The molecule has 2 aromatic carbocycles. The fourth-order valence-electron chi connectivity index (χ4n) is 2.92. The Labute approximate surface area is 169 Å². The molecule has 144 valence electrons. The molecule has 0 saturated heterocycles. The average Bonchev–Trinajstić information content (AvgIpc) is 2.68. The third kappa shape index (κ3) is 6.21. The third-order valence-corrected chi connectivity index (χ3v) is 4.92. The molecule has 0 amide bonds. The highest BCUT2D eigenvalue weighted by atomic mass is 79.9. The van der Waals surface area contributed by atoms with E-state index in [0.29, 0.717) is 6.61 Å². The lowest BCUT2D eigenvalue weighted by Gasteiger charge is -2.18. The number of esters is 1. The lowest BCUT2D eigenvalue weighted by Crippen LogP contribution is -2.16. The minimum absolute atomic E-state index is 0.204. The predicted molar refractivity (Wildman–Crippen MR) is 112 cm³/mol. The van der Waals surface area contributed by atoms with Gasteiger partial charge in [0.25, 0.3) is 0 Å². The smallest absolute Gasteiger partial charge is 0.313 e. The van der Waals surface area contributed by atoms with Crippen molar-refractivity contribution in [3.63, 3.8) is 0 Å². The van der Waals surface area contributed by atoms with E-state index in [9.17, 15) is 4.79 Å². The molecular formula is C22H26BrNO3. The minimum Gasteiger partial charge on any atom is -0.469 e. The number of benzene rings is 2. The highest BCUT2D eigenvalue weighted by Crippen LogP contribution is 2.27. The third-order valence-electron chi connectivity index (χ3n) is 4.43. The van der Waals surface area contributed by atoms with Crippen molar-refractivity contribution in [1.82, 2.24) is 0 Å². The van der Waals surface area contributed by atoms with Crippen molar-refractivity contribution in [3.8, 4) is 0 Å². The Morgan fingerprint density at radius 1 is 1.19 bits per heavy atom. The van der Waals surface area contributed by atoms with Crippen molar-refractivity contribution >= 4 is 27.6 Å². The number of nitrogens with zero attached hydrogens (tertiary/aromatic N) is 1. The fourth-order valence-corrected chi connectivity index (χ4v) is 3.32. The number of rotatable bonds is 9. The fraction of sp³-hybridized carbons (Fsp3) is 0.364. The lowest BCUT2D eigenvalue weighted by molar-refractivity contribution is -0.142. The summed E-state index contributed by atoms with van der Waals surface area (Å²) in [5.74, 6) is -0.477. The van der Waals surface area contributed by atoms with E-state index in [1.165, 1.54) is 7.11 Å². The van der Waals surface area contributed by atoms with E-state index in [-0.39, 0.29) is 11.9 Å². The number of hydrogen-bond donors (Lipinski definition) is 0. The Morgan fingerprint density at radius 3 is 2.67 bits per heavy atom. The monoisotopic (exact) mass is 431 g/mol. The molecule has 1 atom stereocenters. The van der Waals surface area contributed by atoms with Gasteiger partial charge in [0, 0.05) is 10.0 Å². The van der Waals surface area contributed by atoms with Crippen molar-refractivity contribution in [2.75, 3.05) is 7.11 Å². The van der Waals surface area contributed by atoms with Crippen molar-refractivity contribution < 1.29 is 14.4 Å². The summed E-state index contributed by atoms with van der Waals surface area (Å²) in [4.78, 5) is 17.9. The standard InChI is InChI=1S/C22H26BrNO3/c1-4-5-12-21(22(25)26-3)20-13-7-6-9-18(20)15-27-24-16(2)17-10-8-11-19(23)14-17/h6-11,13-14,21H,4-5,12,15H2,1-3H3/b24-16+. The molecule has 0 heterocycles. The molecule has 0 aromatic heterocycles. The summed E-state index contributed by atoms with van der Waals surface area (Å²) in [5.41, 5.74) is 3.69. The number of carbonyl (C=O) groups excluding carboxylic acids is 1. The molecule has 5 heteroatoms. The number of hydrogen-bond acceptors (Lipinski definition) is 4. The Morgan fingerprint density at radius 2 is 1.96 bits per heavy atom. The molecule has 2 rings (SSSR count). The first-order valence-electron chi connectivity index (χ1n) is 9.15. The molecule has 0 radical (unpaired) electrons. The molecule has 0 aliphatic heterocycles. The van der Waals surface area contributed by atoms with E-state index in [4.69, 9.17) is 9.57 Å². The van der Waals surface area contributed by atoms with Crippen LogP contribution in [0.5, 0.6) is 0 Å². The van der Waals surface area contributed by atoms with Crippen LogP contribution in [-0.4, -0.2) is 18.8 Å². The maximum absolute atomic E-state index is 12.3. The van der Waals surface area contributed by atoms with Crippen LogP contribution in [0.3, 0.4) is 0 Å². The Bertz CT molecular complexity index is 789. The zero-order valence-electron chi connectivity index (χ0n) is 16.1. The number of carbonyl (C=O) groups is 1. The van der Waals surface area contributed by atoms with Gasteiger partial charge in [-0.15, -0.1) is 0 Å². The van der Waals surface area contributed by atoms with Gasteiger partial charge >= 0.3 is 5.97 Å². The second-order valence-corrected chi connectivity index (χ2v) is 7.29. The minimum atomic E-state index is -0.273. The number of ether oxygens (including phenoxy) is 1. The highest BCUT2D eigenvalue weighted by molar-refractivity contribution is 9.10. The molecule has 2 aromatic rings. The number of methoxy groups -OCH3 is 1. The molecule has 0 bridgehead atoms. The Hall–Kier alpha value is -2.14. The van der Waals surface area contributed by atoms with E-state index < -0.39 is 0 Å². The van der Waals surface area contributed by atoms with E-state index in [1.54, 1.807) is 0 Å². The molecule has 4 nitrogen and oxygen atoms in total. The number of oxime groups is 1. The van der Waals surface area contributed by atoms with Gasteiger partial charge in [-0.3, -0.25) is 4.79 Å². The summed E-state index contributed by atoms with van der Waals surface area (Å²) in [5, 5.41) is 4.24. The van der Waals surface area contributed by atoms with Crippen LogP contribution in [0, 0.1) is 0 Å². The summed E-state index contributed by atoms with van der Waals surface area (Å²) in [6.07, 6.45) is 2.76. The van der Waals surface area contributed by atoms with Crippen LogP contribution in [0.2, 0.25) is 0 Å². The van der Waals surface area contributed by atoms with Crippen LogP contribution in [0.25, 0.3) is 0 Å². The first-order valence-corrected chi connectivity index (χ1v) is 9.94. The van der Waals surface area contributed by atoms with Gasteiger partial charge < -0.3 is 9.57 Å². The van der Waals surface area contributed by atoms with Crippen molar-refractivity contribution in [1.29, 1.82) is 0 Å². The second-order valence-electron chi connectivity index (χ2n) is 6.38. The van der Waals surface area contributed by atoms with Crippen molar-refractivity contribution in [2.45, 2.75) is 45.6 Å². The van der Waals surface area contributed by atoms with Gasteiger partial charge in [-0.25, -0.2) is 0 Å². The van der Waals surface area contributed by atoms with Gasteiger partial charge in [-0.1, -0.05) is 77.2 Å². The molecule has 0 aliphatic rings. The molecule has 1 unspecified atom stereocenters. The summed E-state index contributed by atoms with van der Waals surface area (Å²) in [6, 6.07) is 15.7. The van der Waals surface area contributed by atoms with Crippen LogP contribution in [0.4, 0.5) is 0 Å². The van der Waals surface area contributed by atoms with E-state index in [0.717, 1.165) is 46.1 Å². The SMILES string of the molecule is CCCCC(C(=O)OC)c1ccccc1CO/N=C(\C)c1cccc(Br)c1. The lowest BCUT2D eigenvalue weighted by atomic mass is 9.90. The zero-order chi connectivity index (χ0) is 19.6. The van der Waals surface area contributed by atoms with Crippen LogP contribution < -0.4 is 0 Å². The van der Waals surface area contributed by atoms with Gasteiger partial charge in [0.05, 0.1) is 18.7 Å². The average molecular weight is 432 g/mol. The predicted octanol–water partition coefficient (Wildman–Crippen LogP) is 5.84. The maximum atomic E-state index is 12.3.